The zero-order chi connectivity index (χ0) is 17.6. The van der Waals surface area contributed by atoms with Gasteiger partial charge in [-0.15, -0.1) is 0 Å². The lowest BCUT2D eigenvalue weighted by Crippen LogP contribution is -2.10. The van der Waals surface area contributed by atoms with Gasteiger partial charge in [0.15, 0.2) is 0 Å². The van der Waals surface area contributed by atoms with Gasteiger partial charge >= 0.3 is 0 Å². The van der Waals surface area contributed by atoms with E-state index in [2.05, 4.69) is 73.9 Å². The van der Waals surface area contributed by atoms with Crippen LogP contribution >= 0.6 is 0 Å². The van der Waals surface area contributed by atoms with Crippen molar-refractivity contribution in [1.29, 1.82) is 5.26 Å². The van der Waals surface area contributed by atoms with Gasteiger partial charge in [-0.25, -0.2) is 0 Å². The quantitative estimate of drug-likeness (QED) is 0.425. The number of para-hydroxylation sites is 1. The summed E-state index contributed by atoms with van der Waals surface area (Å²) in [6, 6.07) is 25.2. The van der Waals surface area contributed by atoms with E-state index in [0.29, 0.717) is 5.56 Å². The normalized spacial score (nSPS) is 11.8. The van der Waals surface area contributed by atoms with E-state index in [1.807, 2.05) is 24.3 Å². The topological polar surface area (TPSA) is 28.7 Å². The van der Waals surface area contributed by atoms with Crippen molar-refractivity contribution < 1.29 is 0 Å². The molecule has 1 aromatic heterocycles. The van der Waals surface area contributed by atoms with Gasteiger partial charge < -0.3 is 4.57 Å². The summed E-state index contributed by atoms with van der Waals surface area (Å²) in [5.74, 6) is 0. The lowest BCUT2D eigenvalue weighted by molar-refractivity contribution is 0.591. The van der Waals surface area contributed by atoms with Crippen molar-refractivity contribution in [3.8, 4) is 11.8 Å². The second kappa shape index (κ2) is 5.50. The summed E-state index contributed by atoms with van der Waals surface area (Å²) >= 11 is 0. The van der Waals surface area contributed by atoms with Crippen LogP contribution in [0.2, 0.25) is 0 Å². The van der Waals surface area contributed by atoms with Crippen LogP contribution < -0.4 is 0 Å². The molecule has 0 aliphatic heterocycles. The Labute approximate surface area is 147 Å². The predicted octanol–water partition coefficient (Wildman–Crippen LogP) is 5.95. The zero-order valence-electron chi connectivity index (χ0n) is 14.7. The lowest BCUT2D eigenvalue weighted by Gasteiger charge is -2.19. The number of fused-ring (bicyclic) bond motifs is 3. The van der Waals surface area contributed by atoms with Crippen LogP contribution in [0.4, 0.5) is 0 Å². The molecule has 0 radical (unpaired) electrons. The van der Waals surface area contributed by atoms with Gasteiger partial charge in [-0.2, -0.15) is 5.26 Å². The molecule has 3 aromatic carbocycles. The van der Waals surface area contributed by atoms with Crippen molar-refractivity contribution in [1.82, 2.24) is 4.57 Å². The number of hydrogen-bond donors (Lipinski definition) is 0. The monoisotopic (exact) mass is 324 g/mol. The van der Waals surface area contributed by atoms with Gasteiger partial charge in [0.05, 0.1) is 22.7 Å². The summed E-state index contributed by atoms with van der Waals surface area (Å²) in [6.45, 7) is 6.73. The van der Waals surface area contributed by atoms with E-state index in [9.17, 15) is 0 Å². The smallest absolute Gasteiger partial charge is 0.0991 e. The second-order valence-corrected chi connectivity index (χ2v) is 7.49. The largest absolute Gasteiger partial charge is 0.309 e. The van der Waals surface area contributed by atoms with Crippen LogP contribution in [-0.2, 0) is 5.41 Å². The van der Waals surface area contributed by atoms with Crippen molar-refractivity contribution in [2.75, 3.05) is 0 Å². The van der Waals surface area contributed by atoms with Crippen LogP contribution in [-0.4, -0.2) is 4.57 Å². The maximum absolute atomic E-state index is 9.05. The molecule has 0 aliphatic carbocycles. The third-order valence-electron chi connectivity index (χ3n) is 4.79. The highest BCUT2D eigenvalue weighted by Gasteiger charge is 2.17. The molecule has 0 saturated heterocycles. The summed E-state index contributed by atoms with van der Waals surface area (Å²) in [4.78, 5) is 0. The highest BCUT2D eigenvalue weighted by Crippen LogP contribution is 2.35. The van der Waals surface area contributed by atoms with Crippen LogP contribution in [0.1, 0.15) is 31.9 Å². The highest BCUT2D eigenvalue weighted by atomic mass is 15.0. The molecule has 1 heterocycles. The zero-order valence-corrected chi connectivity index (χ0v) is 14.7. The molecule has 2 nitrogen and oxygen atoms in total. The molecule has 0 N–H and O–H groups in total. The molecular formula is C23H20N2. The van der Waals surface area contributed by atoms with Crippen molar-refractivity contribution >= 4 is 21.8 Å². The van der Waals surface area contributed by atoms with Gasteiger partial charge in [0.2, 0.25) is 0 Å². The van der Waals surface area contributed by atoms with Crippen molar-refractivity contribution in [2.24, 2.45) is 0 Å². The fraction of sp³-hybridized carbons (Fsp3) is 0.174. The second-order valence-electron chi connectivity index (χ2n) is 7.49. The van der Waals surface area contributed by atoms with Crippen LogP contribution in [0.15, 0.2) is 66.7 Å². The summed E-state index contributed by atoms with van der Waals surface area (Å²) in [6.07, 6.45) is 0. The molecule has 4 rings (SSSR count). The summed E-state index contributed by atoms with van der Waals surface area (Å²) in [5, 5.41) is 11.6. The van der Waals surface area contributed by atoms with E-state index in [1.165, 1.54) is 27.4 Å². The third kappa shape index (κ3) is 2.49. The molecule has 0 atom stereocenters. The van der Waals surface area contributed by atoms with Crippen molar-refractivity contribution in [3.63, 3.8) is 0 Å². The van der Waals surface area contributed by atoms with Crippen LogP contribution in [0.5, 0.6) is 0 Å². The van der Waals surface area contributed by atoms with Gasteiger partial charge in [0.25, 0.3) is 0 Å². The van der Waals surface area contributed by atoms with E-state index in [1.54, 1.807) is 0 Å². The Bertz CT molecular complexity index is 1120. The molecular weight excluding hydrogens is 304 g/mol. The predicted molar refractivity (Wildman–Crippen MR) is 104 cm³/mol. The van der Waals surface area contributed by atoms with E-state index in [0.717, 1.165) is 5.69 Å². The Hall–Kier alpha value is -3.05. The molecule has 0 amide bonds. The van der Waals surface area contributed by atoms with Gasteiger partial charge in [-0.3, -0.25) is 0 Å². The third-order valence-corrected chi connectivity index (χ3v) is 4.79. The molecule has 0 spiro atoms. The molecule has 0 aliphatic rings. The van der Waals surface area contributed by atoms with Crippen LogP contribution in [0.3, 0.4) is 0 Å². The SMILES string of the molecule is CC(C)(C)c1ccc2c(c1)c1ccccc1n2-c1ccc(C#N)cc1. The molecule has 0 fully saturated rings. The number of hydrogen-bond acceptors (Lipinski definition) is 1. The van der Waals surface area contributed by atoms with E-state index >= 15 is 0 Å². The van der Waals surface area contributed by atoms with Gasteiger partial charge in [-0.05, 0) is 53.4 Å². The van der Waals surface area contributed by atoms with Crippen LogP contribution in [0.25, 0.3) is 27.5 Å². The first-order chi connectivity index (χ1) is 12.0. The van der Waals surface area contributed by atoms with E-state index in [4.69, 9.17) is 5.26 Å². The Morgan fingerprint density at radius 2 is 1.48 bits per heavy atom. The minimum atomic E-state index is 0.117. The first-order valence-electron chi connectivity index (χ1n) is 8.53. The summed E-state index contributed by atoms with van der Waals surface area (Å²) < 4.78 is 2.28. The average molecular weight is 324 g/mol. The Balaban J connectivity index is 2.07. The molecule has 0 bridgehead atoms. The fourth-order valence-electron chi connectivity index (χ4n) is 3.40. The van der Waals surface area contributed by atoms with E-state index in [-0.39, 0.29) is 5.41 Å². The van der Waals surface area contributed by atoms with Crippen molar-refractivity contribution in [2.45, 2.75) is 26.2 Å². The van der Waals surface area contributed by atoms with Crippen LogP contribution in [0, 0.1) is 11.3 Å². The number of benzene rings is 3. The Kier molecular flexibility index (Phi) is 3.40. The van der Waals surface area contributed by atoms with Gasteiger partial charge in [-0.1, -0.05) is 45.0 Å². The number of nitriles is 1. The molecule has 25 heavy (non-hydrogen) atoms. The van der Waals surface area contributed by atoms with E-state index < -0.39 is 0 Å². The minimum absolute atomic E-state index is 0.117. The standard InChI is InChI=1S/C23H20N2/c1-23(2,3)17-10-13-22-20(14-17)19-6-4-5-7-21(19)25(22)18-11-8-16(15-24)9-12-18/h4-14H,1-3H3. The van der Waals surface area contributed by atoms with Gasteiger partial charge in [0.1, 0.15) is 0 Å². The Morgan fingerprint density at radius 1 is 0.800 bits per heavy atom. The minimum Gasteiger partial charge on any atom is -0.309 e. The maximum atomic E-state index is 9.05. The number of rotatable bonds is 1. The number of aromatic nitrogens is 1. The molecule has 122 valence electrons. The molecule has 0 saturated carbocycles. The first-order valence-corrected chi connectivity index (χ1v) is 8.53. The Morgan fingerprint density at radius 3 is 2.16 bits per heavy atom. The number of nitrogens with zero attached hydrogens (tertiary/aromatic N) is 2. The lowest BCUT2D eigenvalue weighted by atomic mass is 9.86. The first kappa shape index (κ1) is 15.5. The van der Waals surface area contributed by atoms with Crippen molar-refractivity contribution in [3.05, 3.63) is 77.9 Å². The maximum Gasteiger partial charge on any atom is 0.0991 e. The molecule has 0 unspecified atom stereocenters. The highest BCUT2D eigenvalue weighted by molar-refractivity contribution is 6.09. The average Bonchev–Trinajstić information content (AvgIpc) is 2.95. The summed E-state index contributed by atoms with van der Waals surface area (Å²) in [7, 11) is 0. The summed E-state index contributed by atoms with van der Waals surface area (Å²) in [5.41, 5.74) is 5.59. The molecule has 2 heteroatoms. The fourth-order valence-corrected chi connectivity index (χ4v) is 3.40. The molecule has 4 aromatic rings. The van der Waals surface area contributed by atoms with Gasteiger partial charge in [0, 0.05) is 16.5 Å².